The fourth-order valence-electron chi connectivity index (χ4n) is 1.80. The maximum atomic E-state index is 13.7. The second-order valence-electron chi connectivity index (χ2n) is 4.03. The van der Waals surface area contributed by atoms with Gasteiger partial charge < -0.3 is 14.8 Å². The van der Waals surface area contributed by atoms with Crippen molar-refractivity contribution in [3.05, 3.63) is 35.4 Å². The van der Waals surface area contributed by atoms with Gasteiger partial charge in [0.2, 0.25) is 0 Å². The highest BCUT2D eigenvalue weighted by atomic mass is 19.3. The number of alkyl halides is 2. The Kier molecular flexibility index (Phi) is 3.37. The van der Waals surface area contributed by atoms with Gasteiger partial charge in [0.25, 0.3) is 0 Å². The topological polar surface area (TPSA) is 64.6 Å². The van der Waals surface area contributed by atoms with E-state index in [1.807, 2.05) is 5.32 Å². The zero-order valence-corrected chi connectivity index (χ0v) is 9.98. The van der Waals surface area contributed by atoms with E-state index in [0.29, 0.717) is 0 Å². The molecule has 1 amide bonds. The number of amides is 1. The molecule has 0 radical (unpaired) electrons. The Labute approximate surface area is 107 Å². The molecule has 1 heterocycles. The first-order valence-electron chi connectivity index (χ1n) is 5.43. The Hall–Kier alpha value is -2.18. The quantitative estimate of drug-likeness (QED) is 0.834. The molecule has 0 bridgehead atoms. The second kappa shape index (κ2) is 4.83. The largest absolute Gasteiger partial charge is 0.465 e. The summed E-state index contributed by atoms with van der Waals surface area (Å²) in [6.07, 6.45) is -0.917. The van der Waals surface area contributed by atoms with Gasteiger partial charge >= 0.3 is 18.0 Å². The lowest BCUT2D eigenvalue weighted by molar-refractivity contribution is -0.104. The minimum absolute atomic E-state index is 0.115. The van der Waals surface area contributed by atoms with Crippen LogP contribution in [0.3, 0.4) is 0 Å². The lowest BCUT2D eigenvalue weighted by Gasteiger charge is -2.31. The van der Waals surface area contributed by atoms with Crippen LogP contribution < -0.4 is 5.32 Å². The molecule has 1 N–H and O–H groups in total. The number of carbonyl (C=O) groups excluding carboxylic acids is 2. The molecule has 5 nitrogen and oxygen atoms in total. The van der Waals surface area contributed by atoms with Crippen LogP contribution in [0.25, 0.3) is 0 Å². The summed E-state index contributed by atoms with van der Waals surface area (Å²) in [5.74, 6) is -3.88. The van der Waals surface area contributed by atoms with E-state index >= 15 is 0 Å². The lowest BCUT2D eigenvalue weighted by atomic mass is 9.98. The Morgan fingerprint density at radius 2 is 2.26 bits per heavy atom. The van der Waals surface area contributed by atoms with E-state index in [-0.39, 0.29) is 11.1 Å². The van der Waals surface area contributed by atoms with Crippen LogP contribution in [0.2, 0.25) is 0 Å². The van der Waals surface area contributed by atoms with Gasteiger partial charge in [-0.2, -0.15) is 0 Å². The van der Waals surface area contributed by atoms with E-state index < -0.39 is 30.6 Å². The molecule has 1 aliphatic heterocycles. The summed E-state index contributed by atoms with van der Waals surface area (Å²) >= 11 is 0. The van der Waals surface area contributed by atoms with Crippen LogP contribution in [0, 0.1) is 0 Å². The van der Waals surface area contributed by atoms with E-state index in [9.17, 15) is 18.4 Å². The molecule has 0 aliphatic carbocycles. The average Bonchev–Trinajstić information content (AvgIpc) is 2.41. The van der Waals surface area contributed by atoms with Crippen LogP contribution in [0.1, 0.15) is 22.0 Å². The first-order valence-corrected chi connectivity index (χ1v) is 5.43. The third-order valence-electron chi connectivity index (χ3n) is 2.72. The molecule has 19 heavy (non-hydrogen) atoms. The first-order chi connectivity index (χ1) is 8.94. The highest BCUT2D eigenvalue weighted by Gasteiger charge is 2.46. The van der Waals surface area contributed by atoms with Crippen LogP contribution >= 0.6 is 0 Å². The van der Waals surface area contributed by atoms with Crippen molar-refractivity contribution in [1.29, 1.82) is 0 Å². The number of alkyl carbamates (subject to hydrolysis) is 1. The summed E-state index contributed by atoms with van der Waals surface area (Å²) in [5, 5.41) is 2.04. The number of esters is 1. The van der Waals surface area contributed by atoms with E-state index in [0.717, 1.165) is 0 Å². The number of benzene rings is 1. The molecular formula is C12H11F2NO4. The molecule has 1 fully saturated rings. The Morgan fingerprint density at radius 3 is 2.95 bits per heavy atom. The fraction of sp³-hybridized carbons (Fsp3) is 0.333. The molecule has 1 aliphatic rings. The van der Waals surface area contributed by atoms with Crippen molar-refractivity contribution in [3.8, 4) is 0 Å². The molecule has 102 valence electrons. The molecule has 0 unspecified atom stereocenters. The summed E-state index contributed by atoms with van der Waals surface area (Å²) in [4.78, 5) is 22.4. The van der Waals surface area contributed by atoms with Crippen molar-refractivity contribution in [2.45, 2.75) is 12.0 Å². The van der Waals surface area contributed by atoms with Crippen LogP contribution in [-0.4, -0.2) is 31.7 Å². The number of carbonyl (C=O) groups is 2. The van der Waals surface area contributed by atoms with Crippen molar-refractivity contribution in [2.24, 2.45) is 0 Å². The molecule has 0 spiro atoms. The van der Waals surface area contributed by atoms with Gasteiger partial charge in [0.1, 0.15) is 6.04 Å². The van der Waals surface area contributed by atoms with Gasteiger partial charge in [0, 0.05) is 0 Å². The predicted octanol–water partition coefficient (Wildman–Crippen LogP) is 1.89. The smallest absolute Gasteiger partial charge is 0.408 e. The molecule has 7 heteroatoms. The Bertz CT molecular complexity index is 518. The number of methoxy groups -OCH3 is 1. The number of nitrogens with one attached hydrogen (secondary N) is 1. The summed E-state index contributed by atoms with van der Waals surface area (Å²) in [5.41, 5.74) is 0.251. The third kappa shape index (κ3) is 2.64. The summed E-state index contributed by atoms with van der Waals surface area (Å²) < 4.78 is 36.1. The number of hydrogen-bond acceptors (Lipinski definition) is 4. The maximum Gasteiger partial charge on any atom is 0.408 e. The molecule has 1 aromatic rings. The van der Waals surface area contributed by atoms with Crippen LogP contribution in [-0.2, 0) is 9.47 Å². The Balaban J connectivity index is 2.34. The Morgan fingerprint density at radius 1 is 1.53 bits per heavy atom. The van der Waals surface area contributed by atoms with Crippen LogP contribution in [0.5, 0.6) is 0 Å². The van der Waals surface area contributed by atoms with Crippen molar-refractivity contribution in [3.63, 3.8) is 0 Å². The highest BCUT2D eigenvalue weighted by Crippen LogP contribution is 2.34. The van der Waals surface area contributed by atoms with Crippen molar-refractivity contribution in [1.82, 2.24) is 5.32 Å². The summed E-state index contributed by atoms with van der Waals surface area (Å²) in [7, 11) is 1.19. The third-order valence-corrected chi connectivity index (χ3v) is 2.72. The maximum absolute atomic E-state index is 13.7. The van der Waals surface area contributed by atoms with Crippen LogP contribution in [0.4, 0.5) is 13.6 Å². The predicted molar refractivity (Wildman–Crippen MR) is 60.0 cm³/mol. The van der Waals surface area contributed by atoms with E-state index in [4.69, 9.17) is 0 Å². The molecule has 0 aromatic heterocycles. The van der Waals surface area contributed by atoms with Gasteiger partial charge in [-0.3, -0.25) is 0 Å². The highest BCUT2D eigenvalue weighted by molar-refractivity contribution is 5.89. The van der Waals surface area contributed by atoms with E-state index in [1.54, 1.807) is 0 Å². The van der Waals surface area contributed by atoms with Gasteiger partial charge in [-0.25, -0.2) is 18.4 Å². The molecule has 1 aromatic carbocycles. The van der Waals surface area contributed by atoms with Gasteiger partial charge in [-0.15, -0.1) is 0 Å². The number of ether oxygens (including phenoxy) is 2. The van der Waals surface area contributed by atoms with E-state index in [2.05, 4.69) is 9.47 Å². The van der Waals surface area contributed by atoms with Crippen molar-refractivity contribution >= 4 is 12.1 Å². The standard InChI is InChI=1S/C12H11F2NO4/c1-18-10(16)8-4-2-3-7(5-8)9-12(13,14)6-19-11(17)15-9/h2-5,9H,6H2,1H3,(H,15,17)/t9-/m1/s1. The minimum Gasteiger partial charge on any atom is -0.465 e. The SMILES string of the molecule is COC(=O)c1cccc([C@H]2NC(=O)OCC2(F)F)c1. The van der Waals surface area contributed by atoms with Gasteiger partial charge in [-0.05, 0) is 17.7 Å². The zero-order valence-electron chi connectivity index (χ0n) is 9.98. The number of cyclic esters (lactones) is 1. The molecule has 0 saturated carbocycles. The molecule has 2 rings (SSSR count). The molecular weight excluding hydrogens is 260 g/mol. The number of rotatable bonds is 2. The van der Waals surface area contributed by atoms with Crippen LogP contribution in [0.15, 0.2) is 24.3 Å². The number of halogens is 2. The number of hydrogen-bond donors (Lipinski definition) is 1. The average molecular weight is 271 g/mol. The first kappa shape index (κ1) is 13.3. The van der Waals surface area contributed by atoms with Gasteiger partial charge in [0.15, 0.2) is 6.61 Å². The zero-order chi connectivity index (χ0) is 14.0. The van der Waals surface area contributed by atoms with Gasteiger partial charge in [-0.1, -0.05) is 12.1 Å². The van der Waals surface area contributed by atoms with Crippen molar-refractivity contribution in [2.75, 3.05) is 13.7 Å². The second-order valence-corrected chi connectivity index (χ2v) is 4.03. The lowest BCUT2D eigenvalue weighted by Crippen LogP contribution is -2.49. The normalized spacial score (nSPS) is 21.2. The summed E-state index contributed by atoms with van der Waals surface area (Å²) in [6, 6.07) is 4.01. The monoisotopic (exact) mass is 271 g/mol. The minimum atomic E-state index is -3.25. The van der Waals surface area contributed by atoms with Gasteiger partial charge in [0.05, 0.1) is 12.7 Å². The molecule has 1 atom stereocenters. The fourth-order valence-corrected chi connectivity index (χ4v) is 1.80. The van der Waals surface area contributed by atoms with E-state index in [1.165, 1.54) is 31.4 Å². The summed E-state index contributed by atoms with van der Waals surface area (Å²) in [6.45, 7) is -0.994. The molecule has 1 saturated heterocycles. The van der Waals surface area contributed by atoms with Crippen molar-refractivity contribution < 1.29 is 27.8 Å².